The number of amides is 1. The number of Topliss-reactive ketones (excluding diaryl/α,β-unsaturated/α-hetero) is 1. The third-order valence-corrected chi connectivity index (χ3v) is 4.56. The van der Waals surface area contributed by atoms with Gasteiger partial charge in [-0.3, -0.25) is 28.9 Å². The van der Waals surface area contributed by atoms with E-state index in [-0.39, 0.29) is 24.2 Å². The summed E-state index contributed by atoms with van der Waals surface area (Å²) in [5.41, 5.74) is -0.316. The van der Waals surface area contributed by atoms with E-state index in [1.54, 1.807) is 36.2 Å². The highest BCUT2D eigenvalue weighted by Gasteiger charge is 2.29. The van der Waals surface area contributed by atoms with Crippen molar-refractivity contribution < 1.29 is 9.59 Å². The lowest BCUT2D eigenvalue weighted by Crippen LogP contribution is -2.45. The Morgan fingerprint density at radius 1 is 1.31 bits per heavy atom. The smallest absolute Gasteiger partial charge is 0.328 e. The van der Waals surface area contributed by atoms with Crippen molar-refractivity contribution in [2.75, 3.05) is 13.1 Å². The Morgan fingerprint density at radius 3 is 2.85 bits per heavy atom. The van der Waals surface area contributed by atoms with Crippen molar-refractivity contribution in [2.24, 2.45) is 5.92 Å². The number of aryl methyl sites for hydroxylation is 1. The monoisotopic (exact) mass is 356 g/mol. The third-order valence-electron chi connectivity index (χ3n) is 4.56. The molecule has 1 amide bonds. The molecule has 1 aliphatic heterocycles. The SMILES string of the molecule is Cc1cn(CC(=O)N2CCCC(C(=O)c3ccccn3)C2)c(=O)[nH]c1=O. The molecule has 1 aliphatic rings. The average Bonchev–Trinajstić information content (AvgIpc) is 2.66. The van der Waals surface area contributed by atoms with Crippen LogP contribution in [0.1, 0.15) is 28.9 Å². The Hall–Kier alpha value is -3.03. The highest BCUT2D eigenvalue weighted by atomic mass is 16.2. The van der Waals surface area contributed by atoms with Crippen molar-refractivity contribution in [1.29, 1.82) is 0 Å². The highest BCUT2D eigenvalue weighted by molar-refractivity contribution is 5.96. The van der Waals surface area contributed by atoms with Crippen molar-refractivity contribution >= 4 is 11.7 Å². The number of nitrogens with one attached hydrogen (secondary N) is 1. The van der Waals surface area contributed by atoms with Crippen LogP contribution in [0.5, 0.6) is 0 Å². The summed E-state index contributed by atoms with van der Waals surface area (Å²) in [7, 11) is 0. The van der Waals surface area contributed by atoms with Crippen molar-refractivity contribution in [3.63, 3.8) is 0 Å². The maximum atomic E-state index is 12.6. The van der Waals surface area contributed by atoms with E-state index in [0.717, 1.165) is 0 Å². The molecule has 26 heavy (non-hydrogen) atoms. The van der Waals surface area contributed by atoms with Gasteiger partial charge < -0.3 is 4.90 Å². The van der Waals surface area contributed by atoms with Crippen LogP contribution >= 0.6 is 0 Å². The first-order valence-electron chi connectivity index (χ1n) is 8.49. The van der Waals surface area contributed by atoms with Crippen LogP contribution in [0.15, 0.2) is 40.2 Å². The topological polar surface area (TPSA) is 105 Å². The quantitative estimate of drug-likeness (QED) is 0.797. The molecule has 1 N–H and O–H groups in total. The van der Waals surface area contributed by atoms with E-state index in [1.165, 1.54) is 10.8 Å². The molecule has 8 nitrogen and oxygen atoms in total. The van der Waals surface area contributed by atoms with Crippen LogP contribution in [0.4, 0.5) is 0 Å². The molecule has 136 valence electrons. The number of rotatable bonds is 4. The number of likely N-dealkylation sites (tertiary alicyclic amines) is 1. The second kappa shape index (κ2) is 7.47. The highest BCUT2D eigenvalue weighted by Crippen LogP contribution is 2.20. The van der Waals surface area contributed by atoms with E-state index < -0.39 is 11.2 Å². The predicted octanol–water partition coefficient (Wildman–Crippen LogP) is 0.362. The van der Waals surface area contributed by atoms with Gasteiger partial charge in [0.2, 0.25) is 5.91 Å². The van der Waals surface area contributed by atoms with Gasteiger partial charge >= 0.3 is 5.69 Å². The van der Waals surface area contributed by atoms with Gasteiger partial charge in [0.05, 0.1) is 0 Å². The maximum Gasteiger partial charge on any atom is 0.328 e. The number of aromatic nitrogens is 3. The summed E-state index contributed by atoms with van der Waals surface area (Å²) in [6, 6.07) is 5.18. The molecule has 0 radical (unpaired) electrons. The summed E-state index contributed by atoms with van der Waals surface area (Å²) < 4.78 is 1.18. The van der Waals surface area contributed by atoms with E-state index in [4.69, 9.17) is 0 Å². The van der Waals surface area contributed by atoms with Gasteiger partial charge in [0.1, 0.15) is 12.2 Å². The summed E-state index contributed by atoms with van der Waals surface area (Å²) >= 11 is 0. The number of pyridine rings is 1. The van der Waals surface area contributed by atoms with Crippen LogP contribution in [0.3, 0.4) is 0 Å². The van der Waals surface area contributed by atoms with Crippen molar-refractivity contribution in [3.05, 3.63) is 62.7 Å². The van der Waals surface area contributed by atoms with Gasteiger partial charge in [-0.25, -0.2) is 4.79 Å². The van der Waals surface area contributed by atoms with E-state index in [2.05, 4.69) is 9.97 Å². The summed E-state index contributed by atoms with van der Waals surface area (Å²) in [4.78, 5) is 56.3. The number of piperidine rings is 1. The molecule has 0 saturated carbocycles. The molecule has 3 rings (SSSR count). The number of hydrogen-bond acceptors (Lipinski definition) is 5. The van der Waals surface area contributed by atoms with E-state index in [0.29, 0.717) is 37.2 Å². The molecule has 2 aromatic rings. The summed E-state index contributed by atoms with van der Waals surface area (Å²) in [6.45, 7) is 2.26. The summed E-state index contributed by atoms with van der Waals surface area (Å²) in [5, 5.41) is 0. The van der Waals surface area contributed by atoms with E-state index in [1.807, 2.05) is 0 Å². The second-order valence-electron chi connectivity index (χ2n) is 6.46. The lowest BCUT2D eigenvalue weighted by molar-refractivity contribution is -0.133. The molecule has 3 heterocycles. The number of nitrogens with zero attached hydrogens (tertiary/aromatic N) is 3. The van der Waals surface area contributed by atoms with Gasteiger partial charge in [-0.2, -0.15) is 0 Å². The number of aromatic amines is 1. The maximum absolute atomic E-state index is 12.6. The van der Waals surface area contributed by atoms with Gasteiger partial charge in [-0.1, -0.05) is 6.07 Å². The molecule has 1 atom stereocenters. The normalized spacial score (nSPS) is 17.1. The molecule has 0 aromatic carbocycles. The molecule has 2 aromatic heterocycles. The Morgan fingerprint density at radius 2 is 2.12 bits per heavy atom. The van der Waals surface area contributed by atoms with Gasteiger partial charge in [-0.15, -0.1) is 0 Å². The standard InChI is InChI=1S/C18H20N4O4/c1-12-9-22(18(26)20-17(12)25)11-15(23)21-8-4-5-13(10-21)16(24)14-6-2-3-7-19-14/h2-3,6-7,9,13H,4-5,8,10-11H2,1H3,(H,20,25,26). The van der Waals surface area contributed by atoms with Crippen LogP contribution in [-0.4, -0.2) is 44.2 Å². The summed E-state index contributed by atoms with van der Waals surface area (Å²) in [5.74, 6) is -0.617. The Bertz CT molecular complexity index is 932. The lowest BCUT2D eigenvalue weighted by Gasteiger charge is -2.32. The average molecular weight is 356 g/mol. The third kappa shape index (κ3) is 3.79. The van der Waals surface area contributed by atoms with Crippen LogP contribution in [0, 0.1) is 12.8 Å². The zero-order chi connectivity index (χ0) is 18.7. The van der Waals surface area contributed by atoms with Crippen LogP contribution in [-0.2, 0) is 11.3 Å². The molecule has 0 spiro atoms. The minimum absolute atomic E-state index is 0.0693. The molecule has 1 fully saturated rings. The number of ketones is 1. The van der Waals surface area contributed by atoms with Gasteiger partial charge in [0, 0.05) is 37.0 Å². The fourth-order valence-corrected chi connectivity index (χ4v) is 3.12. The minimum Gasteiger partial charge on any atom is -0.340 e. The van der Waals surface area contributed by atoms with Crippen molar-refractivity contribution in [1.82, 2.24) is 19.4 Å². The first-order chi connectivity index (χ1) is 12.5. The number of carbonyl (C=O) groups excluding carboxylic acids is 2. The van der Waals surface area contributed by atoms with Crippen LogP contribution in [0.25, 0.3) is 0 Å². The number of hydrogen-bond donors (Lipinski definition) is 1. The van der Waals surface area contributed by atoms with E-state index in [9.17, 15) is 19.2 Å². The fourth-order valence-electron chi connectivity index (χ4n) is 3.12. The first-order valence-corrected chi connectivity index (χ1v) is 8.49. The molecule has 0 aliphatic carbocycles. The van der Waals surface area contributed by atoms with Gasteiger partial charge in [0.15, 0.2) is 5.78 Å². The molecule has 1 saturated heterocycles. The molecule has 1 unspecified atom stereocenters. The second-order valence-corrected chi connectivity index (χ2v) is 6.46. The largest absolute Gasteiger partial charge is 0.340 e. The summed E-state index contributed by atoms with van der Waals surface area (Å²) in [6.07, 6.45) is 4.37. The number of carbonyl (C=O) groups is 2. The first kappa shape index (κ1) is 17.8. The van der Waals surface area contributed by atoms with Crippen LogP contribution in [0.2, 0.25) is 0 Å². The molecule has 0 bridgehead atoms. The number of H-pyrrole nitrogens is 1. The van der Waals surface area contributed by atoms with E-state index >= 15 is 0 Å². The van der Waals surface area contributed by atoms with Gasteiger partial charge in [-0.05, 0) is 31.9 Å². The van der Waals surface area contributed by atoms with Gasteiger partial charge in [0.25, 0.3) is 5.56 Å². The Kier molecular flexibility index (Phi) is 5.11. The zero-order valence-corrected chi connectivity index (χ0v) is 14.5. The fraction of sp³-hybridized carbons (Fsp3) is 0.389. The Balaban J connectivity index is 1.70. The lowest BCUT2D eigenvalue weighted by atomic mass is 9.92. The van der Waals surface area contributed by atoms with Crippen LogP contribution < -0.4 is 11.2 Å². The predicted molar refractivity (Wildman–Crippen MR) is 93.9 cm³/mol. The minimum atomic E-state index is -0.618. The van der Waals surface area contributed by atoms with Crippen molar-refractivity contribution in [3.8, 4) is 0 Å². The molecule has 8 heteroatoms. The van der Waals surface area contributed by atoms with Crippen molar-refractivity contribution in [2.45, 2.75) is 26.3 Å². The molecular weight excluding hydrogens is 336 g/mol. The zero-order valence-electron chi connectivity index (χ0n) is 14.5. The Labute approximate surface area is 149 Å². The molecular formula is C18H20N4O4.